The zero-order chi connectivity index (χ0) is 23.1. The number of hydrogen-bond donors (Lipinski definition) is 2. The lowest BCUT2D eigenvalue weighted by Crippen LogP contribution is -2.29. The van der Waals surface area contributed by atoms with Gasteiger partial charge in [-0.25, -0.2) is 24.3 Å². The fraction of sp³-hybridized carbons (Fsp3) is 0.136. The van der Waals surface area contributed by atoms with E-state index >= 15 is 0 Å². The van der Waals surface area contributed by atoms with Gasteiger partial charge in [0.15, 0.2) is 11.5 Å². The minimum Gasteiger partial charge on any atom is -0.358 e. The van der Waals surface area contributed by atoms with Gasteiger partial charge in [0.1, 0.15) is 28.9 Å². The topological polar surface area (TPSA) is 101 Å². The molecular weight excluding hydrogens is 468 g/mol. The normalized spacial score (nSPS) is 12.4. The largest absolute Gasteiger partial charge is 0.358 e. The first-order valence-corrected chi connectivity index (χ1v) is 10.8. The number of aromatic nitrogens is 6. The van der Waals surface area contributed by atoms with Crippen LogP contribution in [0.3, 0.4) is 0 Å². The Morgan fingerprint density at radius 2 is 2.03 bits per heavy atom. The quantitative estimate of drug-likeness (QED) is 0.362. The number of nitrogens with one attached hydrogen (secondary N) is 2. The van der Waals surface area contributed by atoms with E-state index in [1.807, 2.05) is 6.92 Å². The van der Waals surface area contributed by atoms with E-state index < -0.39 is 17.4 Å². The van der Waals surface area contributed by atoms with Gasteiger partial charge in [0.05, 0.1) is 28.6 Å². The highest BCUT2D eigenvalue weighted by molar-refractivity contribution is 6.35. The van der Waals surface area contributed by atoms with Gasteiger partial charge in [-0.1, -0.05) is 36.2 Å². The lowest BCUT2D eigenvalue weighted by Gasteiger charge is -2.22. The maximum Gasteiger partial charge on any atom is 0.269 e. The van der Waals surface area contributed by atoms with Crippen LogP contribution >= 0.6 is 23.2 Å². The number of anilines is 1. The molecule has 2 N–H and O–H groups in total. The highest BCUT2D eigenvalue weighted by Gasteiger charge is 2.24. The van der Waals surface area contributed by atoms with Crippen LogP contribution in [0.15, 0.2) is 53.8 Å². The summed E-state index contributed by atoms with van der Waals surface area (Å²) in [5.41, 5.74) is 1.11. The Hall–Kier alpha value is -3.56. The summed E-state index contributed by atoms with van der Waals surface area (Å²) in [4.78, 5) is 33.9. The second-order valence-electron chi connectivity index (χ2n) is 7.27. The predicted molar refractivity (Wildman–Crippen MR) is 126 cm³/mol. The van der Waals surface area contributed by atoms with Gasteiger partial charge in [-0.15, -0.1) is 0 Å². The average Bonchev–Trinajstić information content (AvgIpc) is 3.28. The van der Waals surface area contributed by atoms with Crippen LogP contribution in [0.25, 0.3) is 27.8 Å². The van der Waals surface area contributed by atoms with Crippen molar-refractivity contribution >= 4 is 51.1 Å². The van der Waals surface area contributed by atoms with Gasteiger partial charge in [0.25, 0.3) is 5.56 Å². The molecule has 3 heterocycles. The fourth-order valence-corrected chi connectivity index (χ4v) is 4.21. The summed E-state index contributed by atoms with van der Waals surface area (Å²) in [5.74, 6) is 0.146. The molecule has 5 aromatic rings. The first-order valence-electron chi connectivity index (χ1n) is 10.0. The van der Waals surface area contributed by atoms with E-state index in [4.69, 9.17) is 23.2 Å². The summed E-state index contributed by atoms with van der Waals surface area (Å²) in [6.07, 6.45) is 3.45. The van der Waals surface area contributed by atoms with Gasteiger partial charge in [0, 0.05) is 5.02 Å². The molecule has 8 nitrogen and oxygen atoms in total. The number of aromatic amines is 1. The standard InChI is InChI=1S/C22H16Cl2FN7O/c1-2-14(30-20-18-19(27-9-26-18)28-10-29-20)21-31-15-5-3-4-13(25)17(15)22(33)32(21)16-7-6-11(23)8-12(16)24/h3-10,14H,2H2,1H3,(H2,26,27,28,29,30). The number of H-pyrrole nitrogens is 1. The molecule has 0 fully saturated rings. The summed E-state index contributed by atoms with van der Waals surface area (Å²) >= 11 is 12.5. The molecule has 0 saturated heterocycles. The highest BCUT2D eigenvalue weighted by atomic mass is 35.5. The summed E-state index contributed by atoms with van der Waals surface area (Å²) in [6.45, 7) is 1.93. The smallest absolute Gasteiger partial charge is 0.269 e. The van der Waals surface area contributed by atoms with Crippen molar-refractivity contribution in [1.82, 2.24) is 29.5 Å². The average molecular weight is 484 g/mol. The fourth-order valence-electron chi connectivity index (χ4n) is 3.72. The first-order chi connectivity index (χ1) is 16.0. The number of hydrogen-bond acceptors (Lipinski definition) is 6. The van der Waals surface area contributed by atoms with E-state index in [-0.39, 0.29) is 15.9 Å². The number of fused-ring (bicyclic) bond motifs is 2. The SMILES string of the molecule is CCC(Nc1ncnc2[nH]cnc12)c1nc2cccc(F)c2c(=O)n1-c1ccc(Cl)cc1Cl. The van der Waals surface area contributed by atoms with E-state index in [1.54, 1.807) is 18.2 Å². The highest BCUT2D eigenvalue weighted by Crippen LogP contribution is 2.30. The van der Waals surface area contributed by atoms with E-state index in [9.17, 15) is 9.18 Å². The van der Waals surface area contributed by atoms with Crippen molar-refractivity contribution in [3.05, 3.63) is 81.1 Å². The molecule has 0 aliphatic rings. The van der Waals surface area contributed by atoms with E-state index in [1.165, 1.54) is 35.4 Å². The van der Waals surface area contributed by atoms with Crippen LogP contribution in [0.5, 0.6) is 0 Å². The molecule has 0 amide bonds. The van der Waals surface area contributed by atoms with Crippen LogP contribution in [0.2, 0.25) is 10.0 Å². The number of rotatable bonds is 5. The van der Waals surface area contributed by atoms with Crippen molar-refractivity contribution in [2.45, 2.75) is 19.4 Å². The maximum atomic E-state index is 14.7. The minimum absolute atomic E-state index is 0.126. The van der Waals surface area contributed by atoms with E-state index in [2.05, 4.69) is 30.2 Å². The van der Waals surface area contributed by atoms with Crippen molar-refractivity contribution in [2.24, 2.45) is 0 Å². The van der Waals surface area contributed by atoms with Gasteiger partial charge in [-0.05, 0) is 36.8 Å². The predicted octanol–water partition coefficient (Wildman–Crippen LogP) is 5.06. The molecule has 3 aromatic heterocycles. The molecule has 1 unspecified atom stereocenters. The van der Waals surface area contributed by atoms with Crippen LogP contribution in [-0.4, -0.2) is 29.5 Å². The first kappa shape index (κ1) is 21.3. The van der Waals surface area contributed by atoms with Crippen molar-refractivity contribution in [3.63, 3.8) is 0 Å². The van der Waals surface area contributed by atoms with Gasteiger partial charge < -0.3 is 10.3 Å². The summed E-state index contributed by atoms with van der Waals surface area (Å²) < 4.78 is 16.0. The van der Waals surface area contributed by atoms with Crippen molar-refractivity contribution in [3.8, 4) is 5.69 Å². The maximum absolute atomic E-state index is 14.7. The van der Waals surface area contributed by atoms with Gasteiger partial charge in [-0.3, -0.25) is 9.36 Å². The second kappa shape index (κ2) is 8.42. The Labute approximate surface area is 196 Å². The molecule has 1 atom stereocenters. The van der Waals surface area contributed by atoms with Crippen LogP contribution in [0.1, 0.15) is 25.2 Å². The molecule has 0 spiro atoms. The van der Waals surface area contributed by atoms with Crippen LogP contribution in [0, 0.1) is 5.82 Å². The van der Waals surface area contributed by atoms with Crippen LogP contribution in [-0.2, 0) is 0 Å². The Morgan fingerprint density at radius 3 is 2.82 bits per heavy atom. The Kier molecular flexibility index (Phi) is 5.43. The molecule has 0 bridgehead atoms. The molecule has 166 valence electrons. The minimum atomic E-state index is -0.662. The molecule has 2 aromatic carbocycles. The number of imidazole rings is 1. The third-order valence-electron chi connectivity index (χ3n) is 5.27. The van der Waals surface area contributed by atoms with Gasteiger partial charge in [0.2, 0.25) is 0 Å². The Bertz CT molecular complexity index is 1570. The molecule has 0 aliphatic heterocycles. The van der Waals surface area contributed by atoms with Gasteiger partial charge in [-0.2, -0.15) is 0 Å². The second-order valence-corrected chi connectivity index (χ2v) is 8.11. The van der Waals surface area contributed by atoms with E-state index in [0.29, 0.717) is 39.9 Å². The third-order valence-corrected chi connectivity index (χ3v) is 5.81. The Morgan fingerprint density at radius 1 is 1.18 bits per heavy atom. The zero-order valence-corrected chi connectivity index (χ0v) is 18.7. The van der Waals surface area contributed by atoms with Gasteiger partial charge >= 0.3 is 0 Å². The summed E-state index contributed by atoms with van der Waals surface area (Å²) in [7, 11) is 0. The lowest BCUT2D eigenvalue weighted by molar-refractivity contribution is 0.630. The van der Waals surface area contributed by atoms with Crippen molar-refractivity contribution in [2.75, 3.05) is 5.32 Å². The van der Waals surface area contributed by atoms with E-state index in [0.717, 1.165) is 0 Å². The van der Waals surface area contributed by atoms with Crippen molar-refractivity contribution in [1.29, 1.82) is 0 Å². The number of benzene rings is 2. The lowest BCUT2D eigenvalue weighted by atomic mass is 10.1. The third kappa shape index (κ3) is 3.69. The number of halogens is 3. The zero-order valence-electron chi connectivity index (χ0n) is 17.2. The molecule has 0 radical (unpaired) electrons. The van der Waals surface area contributed by atoms with Crippen LogP contribution < -0.4 is 10.9 Å². The number of nitrogens with zero attached hydrogens (tertiary/aromatic N) is 5. The monoisotopic (exact) mass is 483 g/mol. The molecule has 5 rings (SSSR count). The molecule has 0 saturated carbocycles. The molecular formula is C22H16Cl2FN7O. The van der Waals surface area contributed by atoms with Crippen molar-refractivity contribution < 1.29 is 4.39 Å². The summed E-state index contributed by atoms with van der Waals surface area (Å²) in [5, 5.41) is 3.82. The molecule has 0 aliphatic carbocycles. The Balaban J connectivity index is 1.77. The summed E-state index contributed by atoms with van der Waals surface area (Å²) in [6, 6.07) is 8.58. The molecule has 33 heavy (non-hydrogen) atoms. The van der Waals surface area contributed by atoms with Crippen LogP contribution in [0.4, 0.5) is 10.2 Å². The molecule has 11 heteroatoms.